The zero-order valence-corrected chi connectivity index (χ0v) is 50.0. The molecule has 0 aliphatic heterocycles. The highest BCUT2D eigenvalue weighted by molar-refractivity contribution is 7.90. The van der Waals surface area contributed by atoms with Gasteiger partial charge >= 0.3 is 12.4 Å². The van der Waals surface area contributed by atoms with Crippen molar-refractivity contribution in [2.24, 2.45) is 29.4 Å². The molecule has 0 saturated heterocycles. The molecule has 10 aromatic rings. The van der Waals surface area contributed by atoms with Gasteiger partial charge in [0.2, 0.25) is 16.3 Å². The lowest BCUT2D eigenvalue weighted by Crippen LogP contribution is -2.39. The number of ether oxygens (including phenoxy) is 1. The highest BCUT2D eigenvalue weighted by Crippen LogP contribution is 2.48. The standard InChI is InChI=1S/C29H29F3N6O4S.C27H27N5O5S.C3H6F3N/c1-3-18-12-17(14-21-24(26(40)25(21)39)33-10-9-29(30,31)32)13-20(18)27-36-35-23-15-34-28-22(38(23)27)8-11-37(28)43(41,42)19-6-4-16(2)5-7-19;1-4-17-11-16(13-20-23(33)24(34)25(20)37-3)12-19(17)26-30-29-22-14-28-27-21(32(22)26)9-10-31(27)38(35,36)18-7-5-15(2)6-8-18;4-3(5,6)1-2-7/h4-8,11,15,17-18,20,33H,3,9-10,12-14H2,1-2H3;5-10,14,16-17,19H,4,11-13H2,1-3H3;1-2,7H2/t17-,18+,20?;16-,17+,19?;/m00./s1. The van der Waals surface area contributed by atoms with Crippen LogP contribution in [0.2, 0.25) is 0 Å². The molecule has 2 unspecified atom stereocenters. The Balaban J connectivity index is 0.000000176. The number of rotatable bonds is 17. The van der Waals surface area contributed by atoms with Crippen molar-refractivity contribution in [1.29, 1.82) is 0 Å². The van der Waals surface area contributed by atoms with Crippen molar-refractivity contribution in [1.82, 2.24) is 47.1 Å². The number of hydrogen-bond acceptors (Lipinski definition) is 17. The molecule has 0 radical (unpaired) electrons. The summed E-state index contributed by atoms with van der Waals surface area (Å²) in [5, 5.41) is 20.2. The van der Waals surface area contributed by atoms with Crippen LogP contribution in [0.4, 0.5) is 32.0 Å². The van der Waals surface area contributed by atoms with E-state index in [1.807, 2.05) is 29.6 Å². The van der Waals surface area contributed by atoms with E-state index in [9.17, 15) is 62.4 Å². The molecule has 6 heterocycles. The molecule has 2 saturated carbocycles. The highest BCUT2D eigenvalue weighted by Gasteiger charge is 2.41. The van der Waals surface area contributed by atoms with Crippen LogP contribution >= 0.6 is 0 Å². The van der Waals surface area contributed by atoms with Gasteiger partial charge in [-0.15, -0.1) is 20.4 Å². The normalized spacial score (nSPS) is 19.2. The smallest absolute Gasteiger partial charge is 0.390 e. The first-order valence-corrected chi connectivity index (χ1v) is 31.4. The van der Waals surface area contributed by atoms with Crippen LogP contribution in [0.5, 0.6) is 5.75 Å². The summed E-state index contributed by atoms with van der Waals surface area (Å²) in [6, 6.07) is 16.7. The maximum atomic E-state index is 13.5. The van der Waals surface area contributed by atoms with Gasteiger partial charge in [-0.2, -0.15) is 26.3 Å². The van der Waals surface area contributed by atoms with Crippen LogP contribution < -0.4 is 37.5 Å². The van der Waals surface area contributed by atoms with E-state index in [0.29, 0.717) is 58.1 Å². The average Bonchev–Trinajstić information content (AvgIpc) is 1.62. The summed E-state index contributed by atoms with van der Waals surface area (Å²) in [6.07, 6.45) is 1.07. The second-order valence-electron chi connectivity index (χ2n) is 22.6. The van der Waals surface area contributed by atoms with Gasteiger partial charge in [0, 0.05) is 42.9 Å². The molecule has 6 aromatic heterocycles. The number of alkyl halides is 6. The molecular formula is C59H62F6N12O9S2. The Labute approximate surface area is 499 Å². The third-order valence-corrected chi connectivity index (χ3v) is 20.2. The molecule has 88 heavy (non-hydrogen) atoms. The molecule has 3 N–H and O–H groups in total. The summed E-state index contributed by atoms with van der Waals surface area (Å²) in [7, 11) is -6.35. The van der Waals surface area contributed by atoms with Crippen LogP contribution in [-0.4, -0.2) is 96.5 Å². The summed E-state index contributed by atoms with van der Waals surface area (Å²) < 4.78 is 136. The number of nitrogens with one attached hydrogen (secondary N) is 1. The number of nitrogens with zero attached hydrogens (tertiary/aromatic N) is 10. The molecule has 2 aliphatic carbocycles. The third-order valence-electron chi connectivity index (χ3n) is 16.9. The zero-order valence-electron chi connectivity index (χ0n) is 48.3. The zero-order chi connectivity index (χ0) is 63.4. The molecule has 0 spiro atoms. The number of fused-ring (bicyclic) bond motifs is 6. The van der Waals surface area contributed by atoms with E-state index in [4.69, 9.17) is 4.74 Å². The van der Waals surface area contributed by atoms with Gasteiger partial charge in [0.05, 0.1) is 64.4 Å². The highest BCUT2D eigenvalue weighted by atomic mass is 32.2. The van der Waals surface area contributed by atoms with E-state index in [0.717, 1.165) is 53.0 Å². The summed E-state index contributed by atoms with van der Waals surface area (Å²) in [4.78, 5) is 57.5. The van der Waals surface area contributed by atoms with E-state index in [1.165, 1.54) is 29.7 Å². The third kappa shape index (κ3) is 12.1. The van der Waals surface area contributed by atoms with Gasteiger partial charge in [-0.25, -0.2) is 34.7 Å². The summed E-state index contributed by atoms with van der Waals surface area (Å²) in [5.41, 5.74) is 7.48. The quantitative estimate of drug-likeness (QED) is 0.0641. The van der Waals surface area contributed by atoms with E-state index < -0.39 is 73.5 Å². The van der Waals surface area contributed by atoms with Gasteiger partial charge in [0.15, 0.2) is 28.3 Å². The van der Waals surface area contributed by atoms with Gasteiger partial charge < -0.3 is 15.8 Å². The number of methoxy groups -OCH3 is 1. The van der Waals surface area contributed by atoms with Crippen molar-refractivity contribution in [2.45, 2.75) is 126 Å². The monoisotopic (exact) mass is 1260 g/mol. The lowest BCUT2D eigenvalue weighted by molar-refractivity contribution is -0.132. The maximum Gasteiger partial charge on any atom is 0.390 e. The minimum Gasteiger partial charge on any atom is -0.492 e. The van der Waals surface area contributed by atoms with Crippen molar-refractivity contribution < 1.29 is 47.9 Å². The number of aryl methyl sites for hydroxylation is 2. The van der Waals surface area contributed by atoms with Crippen molar-refractivity contribution in [2.75, 3.05) is 25.5 Å². The Bertz CT molecular complexity index is 4600. The molecule has 466 valence electrons. The lowest BCUT2D eigenvalue weighted by Gasteiger charge is -2.17. The first-order chi connectivity index (χ1) is 41.7. The lowest BCUT2D eigenvalue weighted by atomic mass is 9.92. The molecule has 0 bridgehead atoms. The molecule has 6 atom stereocenters. The molecule has 29 heteroatoms. The van der Waals surface area contributed by atoms with E-state index in [1.54, 1.807) is 66.9 Å². The fourth-order valence-electron chi connectivity index (χ4n) is 12.5. The summed E-state index contributed by atoms with van der Waals surface area (Å²) >= 11 is 0. The van der Waals surface area contributed by atoms with Crippen molar-refractivity contribution in [3.63, 3.8) is 0 Å². The SMILES string of the molecule is CC[C@@H]1C[C@H](Cc2c(NCCC(F)(F)F)c(=O)c2=O)CC1c1nnc2cnc3c(ccn3S(=O)(=O)c3ccc(C)cc3)n12.CC[C@@H]1C[C@H](Cc2c(OC)c(=O)c2=O)CC1c1nnc2cnc3c(ccn3S(=O)(=O)c3ccc(C)cc3)n12.NCCC(F)(F)F. The number of aromatic nitrogens is 10. The molecule has 12 rings (SSSR count). The Kier molecular flexibility index (Phi) is 17.4. The van der Waals surface area contributed by atoms with Crippen LogP contribution in [0.15, 0.2) is 114 Å². The minimum absolute atomic E-state index is 0.00222. The number of benzene rings is 2. The number of anilines is 1. The molecule has 21 nitrogen and oxygen atoms in total. The van der Waals surface area contributed by atoms with Crippen molar-refractivity contribution in [3.8, 4) is 5.75 Å². The van der Waals surface area contributed by atoms with Gasteiger partial charge in [0.25, 0.3) is 25.5 Å². The minimum atomic E-state index is -4.37. The molecule has 0 amide bonds. The number of halogens is 6. The van der Waals surface area contributed by atoms with Gasteiger partial charge in [-0.1, -0.05) is 62.1 Å². The van der Waals surface area contributed by atoms with Crippen molar-refractivity contribution in [3.05, 3.63) is 160 Å². The van der Waals surface area contributed by atoms with E-state index in [-0.39, 0.29) is 75.0 Å². The number of hydrogen-bond donors (Lipinski definition) is 2. The predicted octanol–water partition coefficient (Wildman–Crippen LogP) is 8.24. The average molecular weight is 1260 g/mol. The Morgan fingerprint density at radius 2 is 1.02 bits per heavy atom. The van der Waals surface area contributed by atoms with Gasteiger partial charge in [0.1, 0.15) is 11.6 Å². The fourth-order valence-corrected chi connectivity index (χ4v) is 15.1. The fraction of sp³-hybridized carbons (Fsp3) is 0.424. The molecule has 2 fully saturated rings. The second kappa shape index (κ2) is 24.4. The molecule has 4 aromatic carbocycles. The Morgan fingerprint density at radius 3 is 1.42 bits per heavy atom. The first-order valence-electron chi connectivity index (χ1n) is 28.5. The van der Waals surface area contributed by atoms with Crippen LogP contribution in [0.3, 0.4) is 0 Å². The Hall–Kier alpha value is -8.18. The largest absolute Gasteiger partial charge is 0.492 e. The summed E-state index contributed by atoms with van der Waals surface area (Å²) in [6.45, 7) is 7.17. The first kappa shape index (κ1) is 62.9. The Morgan fingerprint density at radius 1 is 0.591 bits per heavy atom. The summed E-state index contributed by atoms with van der Waals surface area (Å²) in [5.74, 6) is 2.21. The van der Waals surface area contributed by atoms with Crippen LogP contribution in [0.25, 0.3) is 33.6 Å². The van der Waals surface area contributed by atoms with E-state index >= 15 is 0 Å². The van der Waals surface area contributed by atoms with Crippen LogP contribution in [0, 0.1) is 37.5 Å². The second-order valence-corrected chi connectivity index (χ2v) is 26.2. The van der Waals surface area contributed by atoms with Gasteiger partial charge in [-0.3, -0.25) is 28.0 Å². The van der Waals surface area contributed by atoms with Crippen molar-refractivity contribution >= 4 is 59.4 Å². The predicted molar refractivity (Wildman–Crippen MR) is 314 cm³/mol. The van der Waals surface area contributed by atoms with Crippen LogP contribution in [-0.2, 0) is 32.9 Å². The van der Waals surface area contributed by atoms with Gasteiger partial charge in [-0.05, 0) is 112 Å². The van der Waals surface area contributed by atoms with Crippen LogP contribution in [0.1, 0.15) is 111 Å². The van der Waals surface area contributed by atoms with E-state index in [2.05, 4.69) is 48.3 Å². The molecular weight excluding hydrogens is 1200 g/mol. The topological polar surface area (TPSA) is 280 Å². The number of nitrogens with two attached hydrogens (primary N) is 1. The maximum absolute atomic E-state index is 13.5. The molecule has 2 aliphatic rings.